The molecule has 0 saturated heterocycles. The average Bonchev–Trinajstić information content (AvgIpc) is 2.86. The third-order valence-corrected chi connectivity index (χ3v) is 3.40. The first-order valence-corrected chi connectivity index (χ1v) is 7.10. The number of carbonyl (C=O) groups is 1. The van der Waals surface area contributed by atoms with E-state index < -0.39 is 0 Å². The molecule has 0 aliphatic rings. The van der Waals surface area contributed by atoms with Crippen molar-refractivity contribution in [3.05, 3.63) is 53.3 Å². The molecule has 0 aliphatic heterocycles. The van der Waals surface area contributed by atoms with E-state index >= 15 is 0 Å². The fraction of sp³-hybridized carbons (Fsp3) is 0.412. The normalized spacial score (nSPS) is 11.6. The van der Waals surface area contributed by atoms with Crippen LogP contribution in [0.15, 0.2) is 36.5 Å². The van der Waals surface area contributed by atoms with Gasteiger partial charge in [-0.1, -0.05) is 52.0 Å². The van der Waals surface area contributed by atoms with Gasteiger partial charge in [0.15, 0.2) is 0 Å². The van der Waals surface area contributed by atoms with Crippen molar-refractivity contribution in [1.29, 1.82) is 0 Å². The predicted octanol–water partition coefficient (Wildman–Crippen LogP) is 3.82. The summed E-state index contributed by atoms with van der Waals surface area (Å²) in [5.74, 6) is 0.0383. The first-order valence-electron chi connectivity index (χ1n) is 7.10. The Kier molecular flexibility index (Phi) is 4.07. The summed E-state index contributed by atoms with van der Waals surface area (Å²) < 4.78 is 1.78. The number of hydrogen-bond acceptors (Lipinski definition) is 2. The van der Waals surface area contributed by atoms with Crippen LogP contribution in [0.5, 0.6) is 0 Å². The molecule has 0 saturated carbocycles. The molecule has 1 aromatic heterocycles. The Morgan fingerprint density at radius 2 is 1.80 bits per heavy atom. The quantitative estimate of drug-likeness (QED) is 0.792. The highest BCUT2D eigenvalue weighted by Crippen LogP contribution is 2.22. The minimum absolute atomic E-state index is 0.0383. The largest absolute Gasteiger partial charge is 0.287 e. The SMILES string of the molecule is CCCn1nccc1C(=O)c1ccc(C(C)(C)C)cc1. The molecule has 3 heteroatoms. The molecule has 0 bridgehead atoms. The molecule has 0 aliphatic carbocycles. The Balaban J connectivity index is 2.27. The number of rotatable bonds is 4. The van der Waals surface area contributed by atoms with E-state index in [0.717, 1.165) is 18.5 Å². The van der Waals surface area contributed by atoms with Gasteiger partial charge >= 0.3 is 0 Å². The van der Waals surface area contributed by atoms with Crippen molar-refractivity contribution in [2.75, 3.05) is 0 Å². The highest BCUT2D eigenvalue weighted by molar-refractivity contribution is 6.07. The zero-order chi connectivity index (χ0) is 14.8. The van der Waals surface area contributed by atoms with E-state index in [1.54, 1.807) is 16.9 Å². The van der Waals surface area contributed by atoms with Gasteiger partial charge in [-0.25, -0.2) is 0 Å². The minimum atomic E-state index is 0.0383. The van der Waals surface area contributed by atoms with Gasteiger partial charge in [0.25, 0.3) is 0 Å². The van der Waals surface area contributed by atoms with Crippen molar-refractivity contribution in [1.82, 2.24) is 9.78 Å². The second-order valence-electron chi connectivity index (χ2n) is 6.10. The van der Waals surface area contributed by atoms with E-state index in [9.17, 15) is 4.79 Å². The molecule has 2 rings (SSSR count). The molecule has 0 atom stereocenters. The lowest BCUT2D eigenvalue weighted by molar-refractivity contribution is 0.102. The topological polar surface area (TPSA) is 34.9 Å². The standard InChI is InChI=1S/C17H22N2O/c1-5-12-19-15(10-11-18-19)16(20)13-6-8-14(9-7-13)17(2,3)4/h6-11H,5,12H2,1-4H3. The number of aromatic nitrogens is 2. The van der Waals surface area contributed by atoms with Gasteiger partial charge in [-0.2, -0.15) is 5.10 Å². The molecule has 0 fully saturated rings. The smallest absolute Gasteiger partial charge is 0.211 e. The second kappa shape index (κ2) is 5.61. The Hall–Kier alpha value is -1.90. The van der Waals surface area contributed by atoms with E-state index in [1.165, 1.54) is 5.56 Å². The van der Waals surface area contributed by atoms with Gasteiger partial charge in [-0.15, -0.1) is 0 Å². The Labute approximate surface area is 120 Å². The molecule has 0 N–H and O–H groups in total. The lowest BCUT2D eigenvalue weighted by atomic mass is 9.86. The first kappa shape index (κ1) is 14.5. The summed E-state index contributed by atoms with van der Waals surface area (Å²) in [6.07, 6.45) is 2.65. The number of ketones is 1. The van der Waals surface area contributed by atoms with E-state index in [-0.39, 0.29) is 11.2 Å². The van der Waals surface area contributed by atoms with Crippen molar-refractivity contribution < 1.29 is 4.79 Å². The summed E-state index contributed by atoms with van der Waals surface area (Å²) in [6.45, 7) is 9.35. The van der Waals surface area contributed by atoms with Crippen LogP contribution < -0.4 is 0 Å². The highest BCUT2D eigenvalue weighted by atomic mass is 16.1. The summed E-state index contributed by atoms with van der Waals surface area (Å²) in [4.78, 5) is 12.5. The maximum absolute atomic E-state index is 12.5. The molecular formula is C17H22N2O. The van der Waals surface area contributed by atoms with E-state index in [0.29, 0.717) is 5.69 Å². The molecule has 20 heavy (non-hydrogen) atoms. The van der Waals surface area contributed by atoms with Crippen LogP contribution in [-0.4, -0.2) is 15.6 Å². The molecular weight excluding hydrogens is 248 g/mol. The fourth-order valence-corrected chi connectivity index (χ4v) is 2.19. The van der Waals surface area contributed by atoms with Gasteiger partial charge in [0, 0.05) is 18.3 Å². The van der Waals surface area contributed by atoms with Crippen molar-refractivity contribution in [3.63, 3.8) is 0 Å². The molecule has 0 spiro atoms. The molecule has 1 heterocycles. The van der Waals surface area contributed by atoms with E-state index in [2.05, 4.69) is 32.8 Å². The first-order chi connectivity index (χ1) is 9.43. The zero-order valence-electron chi connectivity index (χ0n) is 12.7. The number of benzene rings is 1. The van der Waals surface area contributed by atoms with Gasteiger partial charge in [-0.05, 0) is 23.5 Å². The lowest BCUT2D eigenvalue weighted by Gasteiger charge is -2.19. The van der Waals surface area contributed by atoms with E-state index in [4.69, 9.17) is 0 Å². The van der Waals surface area contributed by atoms with Crippen LogP contribution in [0.1, 0.15) is 55.7 Å². The molecule has 0 radical (unpaired) electrons. The zero-order valence-corrected chi connectivity index (χ0v) is 12.7. The molecule has 2 aromatic rings. The van der Waals surface area contributed by atoms with Gasteiger partial charge in [-0.3, -0.25) is 9.48 Å². The number of hydrogen-bond donors (Lipinski definition) is 0. The molecule has 3 nitrogen and oxygen atoms in total. The Bertz CT molecular complexity index is 588. The molecule has 0 unspecified atom stereocenters. The molecule has 1 aromatic carbocycles. The van der Waals surface area contributed by atoms with Crippen LogP contribution in [0.2, 0.25) is 0 Å². The van der Waals surface area contributed by atoms with Crippen LogP contribution in [0, 0.1) is 0 Å². The number of carbonyl (C=O) groups excluding carboxylic acids is 1. The summed E-state index contributed by atoms with van der Waals surface area (Å²) in [6, 6.07) is 9.68. The van der Waals surface area contributed by atoms with Gasteiger partial charge < -0.3 is 0 Å². The Morgan fingerprint density at radius 1 is 1.15 bits per heavy atom. The van der Waals surface area contributed by atoms with Crippen molar-refractivity contribution in [2.45, 2.75) is 46.1 Å². The second-order valence-corrected chi connectivity index (χ2v) is 6.10. The van der Waals surface area contributed by atoms with Crippen LogP contribution in [0.25, 0.3) is 0 Å². The Morgan fingerprint density at radius 3 is 2.35 bits per heavy atom. The highest BCUT2D eigenvalue weighted by Gasteiger charge is 2.17. The lowest BCUT2D eigenvalue weighted by Crippen LogP contribution is -2.13. The number of nitrogens with zero attached hydrogens (tertiary/aromatic N) is 2. The van der Waals surface area contributed by atoms with Gasteiger partial charge in [0.1, 0.15) is 5.69 Å². The number of aryl methyl sites for hydroxylation is 1. The molecule has 106 valence electrons. The van der Waals surface area contributed by atoms with Crippen LogP contribution in [0.4, 0.5) is 0 Å². The van der Waals surface area contributed by atoms with E-state index in [1.807, 2.05) is 24.3 Å². The summed E-state index contributed by atoms with van der Waals surface area (Å²) in [7, 11) is 0. The maximum Gasteiger partial charge on any atom is 0.211 e. The van der Waals surface area contributed by atoms with Gasteiger partial charge in [0.05, 0.1) is 0 Å². The third-order valence-electron chi connectivity index (χ3n) is 3.40. The van der Waals surface area contributed by atoms with Crippen LogP contribution >= 0.6 is 0 Å². The van der Waals surface area contributed by atoms with Crippen LogP contribution in [-0.2, 0) is 12.0 Å². The van der Waals surface area contributed by atoms with Crippen molar-refractivity contribution in [3.8, 4) is 0 Å². The predicted molar refractivity (Wildman–Crippen MR) is 81.1 cm³/mol. The monoisotopic (exact) mass is 270 g/mol. The summed E-state index contributed by atoms with van der Waals surface area (Å²) in [5, 5.41) is 4.21. The van der Waals surface area contributed by atoms with Crippen molar-refractivity contribution >= 4 is 5.78 Å². The third kappa shape index (κ3) is 2.98. The maximum atomic E-state index is 12.5. The van der Waals surface area contributed by atoms with Crippen LogP contribution in [0.3, 0.4) is 0 Å². The summed E-state index contributed by atoms with van der Waals surface area (Å²) in [5.41, 5.74) is 2.72. The fourth-order valence-electron chi connectivity index (χ4n) is 2.19. The minimum Gasteiger partial charge on any atom is -0.287 e. The van der Waals surface area contributed by atoms with Crippen molar-refractivity contribution in [2.24, 2.45) is 0 Å². The average molecular weight is 270 g/mol. The van der Waals surface area contributed by atoms with Gasteiger partial charge in [0.2, 0.25) is 5.78 Å². The molecule has 0 amide bonds. The summed E-state index contributed by atoms with van der Waals surface area (Å²) >= 11 is 0.